The van der Waals surface area contributed by atoms with E-state index >= 15 is 0 Å². The number of methoxy groups -OCH3 is 1. The molecule has 13 heteroatoms. The molecule has 1 aliphatic rings. The van der Waals surface area contributed by atoms with Gasteiger partial charge < -0.3 is 30.1 Å². The standard InChI is InChI=1S/C21H26FN7O5/c1-32-16(11-30)5-6-34-28-15-9-29(10-15)20-25-7-14(8-26-20)17-4-2-3-13(18(17)22)12-33-21(31)27-19(23)24/h2-4,7-8,16,30H,5-6,9-12H2,1H3,(H4,23,24,27,31). The van der Waals surface area contributed by atoms with Gasteiger partial charge in [-0.2, -0.15) is 0 Å². The summed E-state index contributed by atoms with van der Waals surface area (Å²) in [7, 11) is 1.53. The number of anilines is 1. The number of carbonyl (C=O) groups is 1. The molecule has 34 heavy (non-hydrogen) atoms. The van der Waals surface area contributed by atoms with Crippen LogP contribution < -0.4 is 16.0 Å². The average molecular weight is 475 g/mol. The Bertz CT molecular complexity index is 1020. The van der Waals surface area contributed by atoms with E-state index in [9.17, 15) is 9.18 Å². The maximum atomic E-state index is 14.9. The summed E-state index contributed by atoms with van der Waals surface area (Å²) in [5.74, 6) is -0.659. The predicted octanol–water partition coefficient (Wildman–Crippen LogP) is 0.992. The zero-order chi connectivity index (χ0) is 24.5. The lowest BCUT2D eigenvalue weighted by molar-refractivity contribution is 0.0183. The SMILES string of the molecule is COC(CO)CCON=C1CN(c2ncc(-c3cccc(COC(=O)NC(=N)N)c3F)cn2)C1. The third-order valence-electron chi connectivity index (χ3n) is 4.91. The van der Waals surface area contributed by atoms with E-state index in [2.05, 4.69) is 15.1 Å². The molecule has 0 bridgehead atoms. The molecule has 1 atom stereocenters. The molecule has 1 saturated heterocycles. The third kappa shape index (κ3) is 6.59. The molecule has 2 aromatic rings. The quantitative estimate of drug-likeness (QED) is 0.169. The first-order valence-electron chi connectivity index (χ1n) is 10.3. The molecule has 0 radical (unpaired) electrons. The lowest BCUT2D eigenvalue weighted by Gasteiger charge is -2.31. The Kier molecular flexibility index (Phi) is 8.65. The highest BCUT2D eigenvalue weighted by atomic mass is 19.1. The molecule has 1 unspecified atom stereocenters. The molecule has 3 rings (SSSR count). The molecule has 12 nitrogen and oxygen atoms in total. The van der Waals surface area contributed by atoms with Gasteiger partial charge in [0.15, 0.2) is 5.96 Å². The van der Waals surface area contributed by atoms with Crippen molar-refractivity contribution in [3.8, 4) is 11.1 Å². The summed E-state index contributed by atoms with van der Waals surface area (Å²) >= 11 is 0. The van der Waals surface area contributed by atoms with Gasteiger partial charge in [-0.3, -0.25) is 10.7 Å². The summed E-state index contributed by atoms with van der Waals surface area (Å²) in [5.41, 5.74) is 6.76. The highest BCUT2D eigenvalue weighted by Gasteiger charge is 2.25. The maximum Gasteiger partial charge on any atom is 0.414 e. The fraction of sp³-hybridized carbons (Fsp3) is 0.381. The topological polar surface area (TPSA) is 168 Å². The molecule has 1 fully saturated rings. The zero-order valence-electron chi connectivity index (χ0n) is 18.5. The molecule has 0 aliphatic carbocycles. The molecular weight excluding hydrogens is 449 g/mol. The number of hydrogen-bond donors (Lipinski definition) is 4. The summed E-state index contributed by atoms with van der Waals surface area (Å²) in [5, 5.41) is 22.1. The second-order valence-corrected chi connectivity index (χ2v) is 7.34. The van der Waals surface area contributed by atoms with Crippen LogP contribution >= 0.6 is 0 Å². The van der Waals surface area contributed by atoms with Crippen LogP contribution in [0.2, 0.25) is 0 Å². The predicted molar refractivity (Wildman–Crippen MR) is 121 cm³/mol. The van der Waals surface area contributed by atoms with Crippen molar-refractivity contribution in [2.24, 2.45) is 10.9 Å². The van der Waals surface area contributed by atoms with Gasteiger partial charge in [0.1, 0.15) is 19.0 Å². The first-order valence-corrected chi connectivity index (χ1v) is 10.3. The number of nitrogens with one attached hydrogen (secondary N) is 2. The second-order valence-electron chi connectivity index (χ2n) is 7.34. The van der Waals surface area contributed by atoms with Crippen molar-refractivity contribution in [1.82, 2.24) is 15.3 Å². The number of rotatable bonds is 10. The van der Waals surface area contributed by atoms with E-state index in [1.54, 1.807) is 12.1 Å². The van der Waals surface area contributed by atoms with Crippen LogP contribution in [-0.4, -0.2) is 72.4 Å². The van der Waals surface area contributed by atoms with Gasteiger partial charge in [0.25, 0.3) is 0 Å². The average Bonchev–Trinajstić information content (AvgIpc) is 2.79. The van der Waals surface area contributed by atoms with Gasteiger partial charge in [0, 0.05) is 42.6 Å². The number of carbonyl (C=O) groups excluding carboxylic acids is 1. The van der Waals surface area contributed by atoms with E-state index < -0.39 is 17.9 Å². The van der Waals surface area contributed by atoms with Gasteiger partial charge in [0.05, 0.1) is 31.5 Å². The Morgan fingerprint density at radius 3 is 2.76 bits per heavy atom. The minimum absolute atomic E-state index is 0.0716. The smallest absolute Gasteiger partial charge is 0.414 e. The number of hydrogen-bond acceptors (Lipinski definition) is 10. The first kappa shape index (κ1) is 24.8. The van der Waals surface area contributed by atoms with Crippen molar-refractivity contribution < 1.29 is 28.6 Å². The van der Waals surface area contributed by atoms with Crippen molar-refractivity contribution in [3.63, 3.8) is 0 Å². The molecule has 1 aliphatic heterocycles. The largest absolute Gasteiger partial charge is 0.444 e. The number of oxime groups is 1. The Labute approximate surface area is 195 Å². The maximum absolute atomic E-state index is 14.9. The summed E-state index contributed by atoms with van der Waals surface area (Å²) in [6, 6.07) is 4.68. The van der Waals surface area contributed by atoms with Crippen LogP contribution in [0.25, 0.3) is 11.1 Å². The Morgan fingerprint density at radius 2 is 2.12 bits per heavy atom. The van der Waals surface area contributed by atoms with Crippen LogP contribution in [0, 0.1) is 11.2 Å². The number of aliphatic hydroxyl groups is 1. The van der Waals surface area contributed by atoms with E-state index in [1.165, 1.54) is 25.6 Å². The van der Waals surface area contributed by atoms with Crippen molar-refractivity contribution in [1.29, 1.82) is 5.41 Å². The summed E-state index contributed by atoms with van der Waals surface area (Å²) in [6.07, 6.45) is 2.35. The van der Waals surface area contributed by atoms with Gasteiger partial charge >= 0.3 is 6.09 Å². The molecule has 5 N–H and O–H groups in total. The highest BCUT2D eigenvalue weighted by Crippen LogP contribution is 2.26. The monoisotopic (exact) mass is 475 g/mol. The van der Waals surface area contributed by atoms with Crippen LogP contribution in [0.5, 0.6) is 0 Å². The summed E-state index contributed by atoms with van der Waals surface area (Å²) < 4.78 is 24.8. The molecule has 0 saturated carbocycles. The lowest BCUT2D eigenvalue weighted by Crippen LogP contribution is -2.48. The second kappa shape index (κ2) is 11.9. The van der Waals surface area contributed by atoms with Crippen molar-refractivity contribution in [3.05, 3.63) is 42.0 Å². The van der Waals surface area contributed by atoms with Crippen molar-refractivity contribution in [2.45, 2.75) is 19.1 Å². The molecule has 1 aromatic heterocycles. The van der Waals surface area contributed by atoms with E-state index in [-0.39, 0.29) is 30.4 Å². The van der Waals surface area contributed by atoms with Gasteiger partial charge in [-0.05, 0) is 0 Å². The van der Waals surface area contributed by atoms with Gasteiger partial charge in [-0.1, -0.05) is 23.4 Å². The van der Waals surface area contributed by atoms with Crippen molar-refractivity contribution in [2.75, 3.05) is 38.3 Å². The number of ether oxygens (including phenoxy) is 2. The fourth-order valence-corrected chi connectivity index (χ4v) is 3.03. The van der Waals surface area contributed by atoms with Crippen LogP contribution in [0.4, 0.5) is 15.1 Å². The lowest BCUT2D eigenvalue weighted by atomic mass is 10.1. The Balaban J connectivity index is 1.54. The number of nitrogens with zero attached hydrogens (tertiary/aromatic N) is 4. The minimum atomic E-state index is -0.947. The van der Waals surface area contributed by atoms with Crippen LogP contribution in [0.1, 0.15) is 12.0 Å². The normalized spacial score (nSPS) is 13.6. The van der Waals surface area contributed by atoms with Crippen molar-refractivity contribution >= 4 is 23.7 Å². The first-order chi connectivity index (χ1) is 16.4. The van der Waals surface area contributed by atoms with E-state index in [4.69, 9.17) is 30.6 Å². The number of nitrogens with two attached hydrogens (primary N) is 1. The molecule has 1 amide bonds. The number of aromatic nitrogens is 2. The van der Waals surface area contributed by atoms with Crippen LogP contribution in [0.3, 0.4) is 0 Å². The minimum Gasteiger partial charge on any atom is -0.444 e. The number of benzene rings is 1. The number of alkyl carbamates (subject to hydrolysis) is 1. The summed E-state index contributed by atoms with van der Waals surface area (Å²) in [4.78, 5) is 27.2. The zero-order valence-corrected chi connectivity index (χ0v) is 18.5. The third-order valence-corrected chi connectivity index (χ3v) is 4.91. The fourth-order valence-electron chi connectivity index (χ4n) is 3.03. The molecule has 0 spiro atoms. The highest BCUT2D eigenvalue weighted by molar-refractivity contribution is 5.98. The number of aliphatic hydroxyl groups excluding tert-OH is 1. The molecule has 182 valence electrons. The van der Waals surface area contributed by atoms with Gasteiger partial charge in [-0.15, -0.1) is 0 Å². The Morgan fingerprint density at radius 1 is 1.38 bits per heavy atom. The van der Waals surface area contributed by atoms with Crippen LogP contribution in [0.15, 0.2) is 35.7 Å². The number of amides is 1. The van der Waals surface area contributed by atoms with Gasteiger partial charge in [-0.25, -0.2) is 19.2 Å². The Hall–Kier alpha value is -3.84. The van der Waals surface area contributed by atoms with Gasteiger partial charge in [0.2, 0.25) is 5.95 Å². The van der Waals surface area contributed by atoms with E-state index in [1.807, 2.05) is 10.2 Å². The number of halogens is 1. The molecule has 1 aromatic carbocycles. The number of guanidine groups is 1. The molecular formula is C21H26FN7O5. The summed E-state index contributed by atoms with van der Waals surface area (Å²) in [6.45, 7) is 0.956. The van der Waals surface area contributed by atoms with E-state index in [0.717, 1.165) is 5.71 Å². The molecule has 2 heterocycles. The van der Waals surface area contributed by atoms with Crippen LogP contribution in [-0.2, 0) is 20.9 Å². The van der Waals surface area contributed by atoms with E-state index in [0.29, 0.717) is 37.6 Å².